The molecule has 0 spiro atoms. The fraction of sp³-hybridized carbons (Fsp3) is 0.250. The molecule has 1 aromatic rings. The van der Waals surface area contributed by atoms with Crippen LogP contribution in [0.4, 0.5) is 0 Å². The van der Waals surface area contributed by atoms with E-state index in [1.54, 1.807) is 5.48 Å². The van der Waals surface area contributed by atoms with Crippen LogP contribution >= 0.6 is 11.3 Å². The molecule has 0 bridgehead atoms. The van der Waals surface area contributed by atoms with Crippen molar-refractivity contribution in [1.29, 1.82) is 0 Å². The van der Waals surface area contributed by atoms with Gasteiger partial charge in [0.25, 0.3) is 5.91 Å². The summed E-state index contributed by atoms with van der Waals surface area (Å²) < 4.78 is 5.22. The highest BCUT2D eigenvalue weighted by Crippen LogP contribution is 2.16. The van der Waals surface area contributed by atoms with Gasteiger partial charge in [0.15, 0.2) is 6.04 Å². The Morgan fingerprint density at radius 1 is 1.79 bits per heavy atom. The first kappa shape index (κ1) is 9.17. The van der Waals surface area contributed by atoms with Crippen LogP contribution in [-0.4, -0.2) is 29.7 Å². The van der Waals surface area contributed by atoms with E-state index in [1.165, 1.54) is 11.3 Å². The lowest BCUT2D eigenvalue weighted by atomic mass is 10.3. The zero-order valence-electron chi connectivity index (χ0n) is 7.14. The van der Waals surface area contributed by atoms with Crippen LogP contribution in [0.15, 0.2) is 22.5 Å². The summed E-state index contributed by atoms with van der Waals surface area (Å²) in [5, 5.41) is 10.3. The summed E-state index contributed by atoms with van der Waals surface area (Å²) in [5.41, 5.74) is 1.55. The zero-order valence-corrected chi connectivity index (χ0v) is 7.95. The standard InChI is InChI=1S/C8H8N2O3S/c11-7(10-12)5-4-13-8(9-5)6-2-1-3-14-6/h1-3,5,12H,4H2,(H,10,11)/t5-/m1/s1. The van der Waals surface area contributed by atoms with E-state index in [0.717, 1.165) is 4.88 Å². The summed E-state index contributed by atoms with van der Waals surface area (Å²) in [6.07, 6.45) is 0. The third-order valence-corrected chi connectivity index (χ3v) is 2.65. The van der Waals surface area contributed by atoms with Crippen LogP contribution in [0, 0.1) is 0 Å². The molecule has 74 valence electrons. The second-order valence-corrected chi connectivity index (χ2v) is 3.66. The van der Waals surface area contributed by atoms with Gasteiger partial charge in [-0.25, -0.2) is 10.5 Å². The molecule has 0 fully saturated rings. The first-order chi connectivity index (χ1) is 6.81. The number of carbonyl (C=O) groups excluding carboxylic acids is 1. The number of thiophene rings is 1. The van der Waals surface area contributed by atoms with E-state index in [0.29, 0.717) is 5.90 Å². The number of rotatable bonds is 2. The number of amides is 1. The van der Waals surface area contributed by atoms with E-state index in [2.05, 4.69) is 4.99 Å². The van der Waals surface area contributed by atoms with Crippen LogP contribution in [0.3, 0.4) is 0 Å². The van der Waals surface area contributed by atoms with Crippen LogP contribution in [0.1, 0.15) is 4.88 Å². The Morgan fingerprint density at radius 3 is 3.29 bits per heavy atom. The largest absolute Gasteiger partial charge is 0.474 e. The second-order valence-electron chi connectivity index (χ2n) is 2.71. The maximum atomic E-state index is 11.0. The Hall–Kier alpha value is -1.40. The molecule has 2 N–H and O–H groups in total. The molecule has 1 amide bonds. The number of hydrogen-bond acceptors (Lipinski definition) is 5. The number of ether oxygens (including phenoxy) is 1. The molecule has 2 heterocycles. The molecule has 0 unspecified atom stereocenters. The minimum Gasteiger partial charge on any atom is -0.474 e. The van der Waals surface area contributed by atoms with Crippen LogP contribution in [0.25, 0.3) is 0 Å². The van der Waals surface area contributed by atoms with Gasteiger partial charge >= 0.3 is 0 Å². The molecule has 1 aliphatic rings. The van der Waals surface area contributed by atoms with Crippen molar-refractivity contribution < 1.29 is 14.7 Å². The minimum atomic E-state index is -0.642. The molecule has 0 saturated carbocycles. The molecular formula is C8H8N2O3S. The highest BCUT2D eigenvalue weighted by atomic mass is 32.1. The van der Waals surface area contributed by atoms with Crippen LogP contribution in [-0.2, 0) is 9.53 Å². The molecule has 0 aliphatic carbocycles. The van der Waals surface area contributed by atoms with E-state index in [4.69, 9.17) is 9.94 Å². The molecule has 0 radical (unpaired) electrons. The number of aliphatic imine (C=N–C) groups is 1. The topological polar surface area (TPSA) is 70.9 Å². The summed E-state index contributed by atoms with van der Waals surface area (Å²) in [7, 11) is 0. The van der Waals surface area contributed by atoms with Crippen molar-refractivity contribution in [1.82, 2.24) is 5.48 Å². The Morgan fingerprint density at radius 2 is 2.64 bits per heavy atom. The van der Waals surface area contributed by atoms with Gasteiger partial charge in [-0.1, -0.05) is 6.07 Å². The van der Waals surface area contributed by atoms with Crippen molar-refractivity contribution in [3.8, 4) is 0 Å². The quantitative estimate of drug-likeness (QED) is 0.550. The Kier molecular flexibility index (Phi) is 2.47. The molecule has 6 heteroatoms. The van der Waals surface area contributed by atoms with Crippen molar-refractivity contribution in [3.05, 3.63) is 22.4 Å². The van der Waals surface area contributed by atoms with Gasteiger partial charge < -0.3 is 4.74 Å². The van der Waals surface area contributed by atoms with E-state index >= 15 is 0 Å². The van der Waals surface area contributed by atoms with E-state index in [9.17, 15) is 4.79 Å². The molecule has 1 aliphatic heterocycles. The summed E-state index contributed by atoms with van der Waals surface area (Å²) in [4.78, 5) is 15.9. The third kappa shape index (κ3) is 1.61. The molecule has 5 nitrogen and oxygen atoms in total. The van der Waals surface area contributed by atoms with Gasteiger partial charge in [0.2, 0.25) is 5.90 Å². The van der Waals surface area contributed by atoms with E-state index in [1.807, 2.05) is 17.5 Å². The predicted molar refractivity (Wildman–Crippen MR) is 50.5 cm³/mol. The SMILES string of the molecule is O=C(NO)[C@H]1COC(c2cccs2)=N1. The lowest BCUT2D eigenvalue weighted by molar-refractivity contribution is -0.130. The van der Waals surface area contributed by atoms with Crippen molar-refractivity contribution in [2.75, 3.05) is 6.61 Å². The maximum absolute atomic E-state index is 11.0. The number of hydrogen-bond donors (Lipinski definition) is 2. The maximum Gasteiger partial charge on any atom is 0.271 e. The lowest BCUT2D eigenvalue weighted by Crippen LogP contribution is -2.31. The van der Waals surface area contributed by atoms with Gasteiger partial charge in [0.1, 0.15) is 6.61 Å². The van der Waals surface area contributed by atoms with Crippen LogP contribution < -0.4 is 5.48 Å². The Balaban J connectivity index is 2.14. The van der Waals surface area contributed by atoms with Gasteiger partial charge in [0, 0.05) is 0 Å². The normalized spacial score (nSPS) is 20.1. The van der Waals surface area contributed by atoms with Crippen LogP contribution in [0.2, 0.25) is 0 Å². The molecule has 0 aromatic carbocycles. The fourth-order valence-electron chi connectivity index (χ4n) is 1.12. The summed E-state index contributed by atoms with van der Waals surface area (Å²) in [6, 6.07) is 3.10. The van der Waals surface area contributed by atoms with Crippen molar-refractivity contribution in [3.63, 3.8) is 0 Å². The molecular weight excluding hydrogens is 204 g/mol. The zero-order chi connectivity index (χ0) is 9.97. The lowest BCUT2D eigenvalue weighted by Gasteiger charge is -1.99. The molecule has 2 rings (SSSR count). The predicted octanol–water partition coefficient (Wildman–Crippen LogP) is 0.399. The van der Waals surface area contributed by atoms with E-state index < -0.39 is 11.9 Å². The number of carbonyl (C=O) groups is 1. The van der Waals surface area contributed by atoms with E-state index in [-0.39, 0.29) is 6.61 Å². The summed E-state index contributed by atoms with van der Waals surface area (Å²) in [6.45, 7) is 0.180. The van der Waals surface area contributed by atoms with Crippen molar-refractivity contribution in [2.24, 2.45) is 4.99 Å². The highest BCUT2D eigenvalue weighted by molar-refractivity contribution is 7.12. The molecule has 1 atom stereocenters. The van der Waals surface area contributed by atoms with Gasteiger partial charge in [-0.2, -0.15) is 0 Å². The molecule has 1 aromatic heterocycles. The average molecular weight is 212 g/mol. The number of hydroxylamine groups is 1. The van der Waals surface area contributed by atoms with Crippen molar-refractivity contribution in [2.45, 2.75) is 6.04 Å². The number of nitrogens with zero attached hydrogens (tertiary/aromatic N) is 1. The Bertz CT molecular complexity index is 361. The minimum absolute atomic E-state index is 0.180. The van der Waals surface area contributed by atoms with Gasteiger partial charge in [0.05, 0.1) is 4.88 Å². The average Bonchev–Trinajstić information content (AvgIpc) is 2.86. The monoisotopic (exact) mass is 212 g/mol. The first-order valence-electron chi connectivity index (χ1n) is 3.99. The molecule has 14 heavy (non-hydrogen) atoms. The molecule has 0 saturated heterocycles. The Labute approximate surface area is 84.0 Å². The first-order valence-corrected chi connectivity index (χ1v) is 4.87. The third-order valence-electron chi connectivity index (χ3n) is 1.80. The summed E-state index contributed by atoms with van der Waals surface area (Å²) in [5.74, 6) is -0.0786. The van der Waals surface area contributed by atoms with Gasteiger partial charge in [-0.15, -0.1) is 11.3 Å². The smallest absolute Gasteiger partial charge is 0.271 e. The summed E-state index contributed by atoms with van der Waals surface area (Å²) >= 11 is 1.49. The highest BCUT2D eigenvalue weighted by Gasteiger charge is 2.26. The fourth-order valence-corrected chi connectivity index (χ4v) is 1.79. The second kappa shape index (κ2) is 3.77. The number of nitrogens with one attached hydrogen (secondary N) is 1. The van der Waals surface area contributed by atoms with Crippen molar-refractivity contribution >= 4 is 23.1 Å². The van der Waals surface area contributed by atoms with Gasteiger partial charge in [-0.05, 0) is 11.4 Å². The van der Waals surface area contributed by atoms with Gasteiger partial charge in [-0.3, -0.25) is 10.0 Å². The van der Waals surface area contributed by atoms with Crippen LogP contribution in [0.5, 0.6) is 0 Å².